The molecule has 0 N–H and O–H groups in total. The van der Waals surface area contributed by atoms with Gasteiger partial charge in [0.15, 0.2) is 0 Å². The van der Waals surface area contributed by atoms with Crippen LogP contribution in [0.3, 0.4) is 0 Å². The summed E-state index contributed by atoms with van der Waals surface area (Å²) in [5, 5.41) is 1.11. The van der Waals surface area contributed by atoms with Gasteiger partial charge in [0.05, 0.1) is 0 Å². The molecular weight excluding hydrogens is 293 g/mol. The number of benzene rings is 1. The van der Waals surface area contributed by atoms with E-state index in [1.165, 1.54) is 6.42 Å². The third-order valence-corrected chi connectivity index (χ3v) is 4.23. The second kappa shape index (κ2) is 6.64. The maximum atomic E-state index is 12.2. The average Bonchev–Trinajstić information content (AvgIpc) is 2.36. The molecule has 1 aliphatic rings. The van der Waals surface area contributed by atoms with Crippen molar-refractivity contribution < 1.29 is 4.79 Å². The van der Waals surface area contributed by atoms with Gasteiger partial charge in [0.1, 0.15) is 0 Å². The summed E-state index contributed by atoms with van der Waals surface area (Å²) < 4.78 is 0. The van der Waals surface area contributed by atoms with E-state index >= 15 is 0 Å². The van der Waals surface area contributed by atoms with Crippen LogP contribution in [0.1, 0.15) is 25.8 Å². The number of piperidine rings is 1. The highest BCUT2D eigenvalue weighted by Crippen LogP contribution is 2.26. The van der Waals surface area contributed by atoms with E-state index < -0.39 is 0 Å². The first-order valence-electron chi connectivity index (χ1n) is 6.88. The Bertz CT molecular complexity index is 497. The molecule has 4 heteroatoms. The van der Waals surface area contributed by atoms with Gasteiger partial charge >= 0.3 is 0 Å². The van der Waals surface area contributed by atoms with Crippen LogP contribution in [0.25, 0.3) is 6.08 Å². The van der Waals surface area contributed by atoms with Crippen molar-refractivity contribution >= 4 is 35.2 Å². The van der Waals surface area contributed by atoms with Gasteiger partial charge in [-0.05, 0) is 36.5 Å². The van der Waals surface area contributed by atoms with Gasteiger partial charge in [0, 0.05) is 34.8 Å². The van der Waals surface area contributed by atoms with Gasteiger partial charge in [-0.3, -0.25) is 4.79 Å². The number of carbonyl (C=O) groups is 1. The van der Waals surface area contributed by atoms with Crippen molar-refractivity contribution in [2.45, 2.75) is 20.3 Å². The third-order valence-electron chi connectivity index (χ3n) is 3.57. The lowest BCUT2D eigenvalue weighted by molar-refractivity contribution is -0.128. The number of amides is 1. The monoisotopic (exact) mass is 311 g/mol. The Morgan fingerprint density at radius 3 is 2.30 bits per heavy atom. The molecule has 108 valence electrons. The highest BCUT2D eigenvalue weighted by Gasteiger charge is 2.24. The van der Waals surface area contributed by atoms with Crippen molar-refractivity contribution in [2.24, 2.45) is 11.8 Å². The Hall–Kier alpha value is -0.990. The topological polar surface area (TPSA) is 20.3 Å². The van der Waals surface area contributed by atoms with Crippen molar-refractivity contribution in [1.29, 1.82) is 0 Å². The maximum absolute atomic E-state index is 12.2. The van der Waals surface area contributed by atoms with Crippen LogP contribution in [0.5, 0.6) is 0 Å². The van der Waals surface area contributed by atoms with E-state index in [1.807, 2.05) is 4.90 Å². The predicted octanol–water partition coefficient (Wildman–Crippen LogP) is 4.51. The van der Waals surface area contributed by atoms with E-state index in [2.05, 4.69) is 13.8 Å². The Kier molecular flexibility index (Phi) is 5.11. The number of halogens is 2. The molecule has 0 radical (unpaired) electrons. The highest BCUT2D eigenvalue weighted by molar-refractivity contribution is 6.37. The normalized spacial score (nSPS) is 23.3. The SMILES string of the molecule is CC1CC(C)CN(C(=O)/C=C/c2c(Cl)cccc2Cl)C1. The van der Waals surface area contributed by atoms with Gasteiger partial charge < -0.3 is 4.90 Å². The first kappa shape index (κ1) is 15.4. The van der Waals surface area contributed by atoms with Crippen LogP contribution in [0.4, 0.5) is 0 Å². The van der Waals surface area contributed by atoms with Crippen molar-refractivity contribution in [1.82, 2.24) is 4.90 Å². The van der Waals surface area contributed by atoms with E-state index in [0.717, 1.165) is 13.1 Å². The molecule has 1 amide bonds. The lowest BCUT2D eigenvalue weighted by Crippen LogP contribution is -2.41. The molecule has 0 aliphatic carbocycles. The first-order valence-corrected chi connectivity index (χ1v) is 7.64. The van der Waals surface area contributed by atoms with Crippen molar-refractivity contribution in [2.75, 3.05) is 13.1 Å². The van der Waals surface area contributed by atoms with Gasteiger partial charge in [-0.25, -0.2) is 0 Å². The lowest BCUT2D eigenvalue weighted by atomic mass is 9.92. The summed E-state index contributed by atoms with van der Waals surface area (Å²) in [4.78, 5) is 14.1. The summed E-state index contributed by atoms with van der Waals surface area (Å²) in [5.41, 5.74) is 0.697. The van der Waals surface area contributed by atoms with E-state index in [0.29, 0.717) is 27.4 Å². The molecule has 2 rings (SSSR count). The number of carbonyl (C=O) groups excluding carboxylic acids is 1. The molecule has 0 spiro atoms. The number of likely N-dealkylation sites (tertiary alicyclic amines) is 1. The summed E-state index contributed by atoms with van der Waals surface area (Å²) in [6, 6.07) is 5.32. The molecule has 1 saturated heterocycles. The second-order valence-electron chi connectivity index (χ2n) is 5.66. The van der Waals surface area contributed by atoms with Crippen LogP contribution < -0.4 is 0 Å². The second-order valence-corrected chi connectivity index (χ2v) is 6.47. The number of hydrogen-bond acceptors (Lipinski definition) is 1. The Balaban J connectivity index is 2.09. The van der Waals surface area contributed by atoms with Crippen molar-refractivity contribution in [3.05, 3.63) is 39.9 Å². The zero-order valence-corrected chi connectivity index (χ0v) is 13.3. The smallest absolute Gasteiger partial charge is 0.246 e. The average molecular weight is 312 g/mol. The molecule has 2 nitrogen and oxygen atoms in total. The first-order chi connectivity index (χ1) is 9.47. The fourth-order valence-corrected chi connectivity index (χ4v) is 3.30. The van der Waals surface area contributed by atoms with Crippen LogP contribution in [0.15, 0.2) is 24.3 Å². The molecule has 1 fully saturated rings. The number of hydrogen-bond donors (Lipinski definition) is 0. The molecule has 1 heterocycles. The molecular formula is C16H19Cl2NO. The van der Waals surface area contributed by atoms with Crippen LogP contribution >= 0.6 is 23.2 Å². The van der Waals surface area contributed by atoms with Crippen molar-refractivity contribution in [3.63, 3.8) is 0 Å². The van der Waals surface area contributed by atoms with Crippen LogP contribution in [-0.4, -0.2) is 23.9 Å². The molecule has 0 bridgehead atoms. The Labute approximate surface area is 130 Å². The zero-order chi connectivity index (χ0) is 14.7. The van der Waals surface area contributed by atoms with E-state index in [9.17, 15) is 4.79 Å². The molecule has 2 unspecified atom stereocenters. The quantitative estimate of drug-likeness (QED) is 0.736. The summed E-state index contributed by atoms with van der Waals surface area (Å²) in [6.07, 6.45) is 4.46. The summed E-state index contributed by atoms with van der Waals surface area (Å²) in [7, 11) is 0. The van der Waals surface area contributed by atoms with Gasteiger partial charge in [-0.2, -0.15) is 0 Å². The Morgan fingerprint density at radius 2 is 1.75 bits per heavy atom. The third kappa shape index (κ3) is 3.77. The number of nitrogens with zero attached hydrogens (tertiary/aromatic N) is 1. The van der Waals surface area contributed by atoms with Gasteiger partial charge in [-0.1, -0.05) is 43.1 Å². The number of rotatable bonds is 2. The molecule has 1 aromatic rings. The van der Waals surface area contributed by atoms with Crippen LogP contribution in [-0.2, 0) is 4.79 Å². The molecule has 20 heavy (non-hydrogen) atoms. The standard InChI is InChI=1S/C16H19Cl2NO/c1-11-8-12(2)10-19(9-11)16(20)7-6-13-14(17)4-3-5-15(13)18/h3-7,11-12H,8-10H2,1-2H3/b7-6+. The molecule has 0 saturated carbocycles. The molecule has 1 aromatic carbocycles. The van der Waals surface area contributed by atoms with Gasteiger partial charge in [-0.15, -0.1) is 0 Å². The maximum Gasteiger partial charge on any atom is 0.246 e. The van der Waals surface area contributed by atoms with E-state index in [-0.39, 0.29) is 5.91 Å². The minimum Gasteiger partial charge on any atom is -0.339 e. The fourth-order valence-electron chi connectivity index (χ4n) is 2.77. The van der Waals surface area contributed by atoms with Crippen molar-refractivity contribution in [3.8, 4) is 0 Å². The molecule has 2 atom stereocenters. The summed E-state index contributed by atoms with van der Waals surface area (Å²) >= 11 is 12.2. The molecule has 1 aliphatic heterocycles. The minimum atomic E-state index is 0.0272. The van der Waals surface area contributed by atoms with Gasteiger partial charge in [0.25, 0.3) is 0 Å². The summed E-state index contributed by atoms with van der Waals surface area (Å²) in [5.74, 6) is 1.14. The molecule has 0 aromatic heterocycles. The van der Waals surface area contributed by atoms with E-state index in [4.69, 9.17) is 23.2 Å². The van der Waals surface area contributed by atoms with Crippen LogP contribution in [0.2, 0.25) is 10.0 Å². The lowest BCUT2D eigenvalue weighted by Gasteiger charge is -2.34. The fraction of sp³-hybridized carbons (Fsp3) is 0.438. The summed E-state index contributed by atoms with van der Waals surface area (Å²) in [6.45, 7) is 6.02. The minimum absolute atomic E-state index is 0.0272. The zero-order valence-electron chi connectivity index (χ0n) is 11.8. The van der Waals surface area contributed by atoms with Crippen LogP contribution in [0, 0.1) is 11.8 Å². The Morgan fingerprint density at radius 1 is 1.20 bits per heavy atom. The predicted molar refractivity (Wildman–Crippen MR) is 85.0 cm³/mol. The largest absolute Gasteiger partial charge is 0.339 e. The highest BCUT2D eigenvalue weighted by atomic mass is 35.5. The van der Waals surface area contributed by atoms with E-state index in [1.54, 1.807) is 30.4 Å². The van der Waals surface area contributed by atoms with Gasteiger partial charge in [0.2, 0.25) is 5.91 Å².